The number of benzene rings is 1. The minimum Gasteiger partial charge on any atom is -0.494 e. The molecule has 2 aromatic heterocycles. The van der Waals surface area contributed by atoms with E-state index in [0.717, 1.165) is 4.90 Å². The number of nitrogens with one attached hydrogen (secondary N) is 3. The Bertz CT molecular complexity index is 1240. The van der Waals surface area contributed by atoms with Gasteiger partial charge in [0.15, 0.2) is 23.1 Å². The van der Waals surface area contributed by atoms with Crippen LogP contribution in [0.25, 0.3) is 11.4 Å². The van der Waals surface area contributed by atoms with Crippen LogP contribution in [0.5, 0.6) is 5.75 Å². The Kier molecular flexibility index (Phi) is 5.96. The van der Waals surface area contributed by atoms with Gasteiger partial charge in [0.25, 0.3) is 11.8 Å². The molecule has 0 atom stereocenters. The normalized spacial score (nSPS) is 14.2. The smallest absolute Gasteiger partial charge is 0.323 e. The molecular weight excluding hydrogens is 452 g/mol. The van der Waals surface area contributed by atoms with E-state index >= 15 is 0 Å². The molecule has 3 N–H and O–H groups in total. The topological polar surface area (TPSA) is 139 Å². The van der Waals surface area contributed by atoms with Gasteiger partial charge in [-0.1, -0.05) is 6.07 Å². The Hall–Kier alpha value is -4.36. The number of anilines is 3. The zero-order valence-electron chi connectivity index (χ0n) is 18.5. The van der Waals surface area contributed by atoms with Crippen molar-refractivity contribution in [2.45, 2.75) is 5.92 Å². The monoisotopic (exact) mass is 473 g/mol. The number of para-hydroxylation sites is 1. The van der Waals surface area contributed by atoms with E-state index in [2.05, 4.69) is 36.2 Å². The predicted molar refractivity (Wildman–Crippen MR) is 117 cm³/mol. The molecule has 34 heavy (non-hydrogen) atoms. The number of aromatic nitrogens is 5. The molecule has 1 aliphatic heterocycles. The van der Waals surface area contributed by atoms with Gasteiger partial charge in [0, 0.05) is 20.2 Å². The Morgan fingerprint density at radius 1 is 1.18 bits per heavy atom. The number of carbonyl (C=O) groups excluding carboxylic acids is 2. The van der Waals surface area contributed by atoms with Gasteiger partial charge >= 0.3 is 6.03 Å². The maximum Gasteiger partial charge on any atom is 0.323 e. The van der Waals surface area contributed by atoms with E-state index in [9.17, 15) is 18.4 Å². The van der Waals surface area contributed by atoms with Crippen molar-refractivity contribution in [3.05, 3.63) is 36.3 Å². The van der Waals surface area contributed by atoms with Gasteiger partial charge < -0.3 is 20.3 Å². The van der Waals surface area contributed by atoms with Crippen molar-refractivity contribution in [3.63, 3.8) is 0 Å². The summed E-state index contributed by atoms with van der Waals surface area (Å²) in [6, 6.07) is 5.85. The fourth-order valence-corrected chi connectivity index (χ4v) is 3.32. The highest BCUT2D eigenvalue weighted by Gasteiger charge is 2.46. The van der Waals surface area contributed by atoms with Gasteiger partial charge in [-0.05, 0) is 12.1 Å². The maximum atomic E-state index is 13.1. The van der Waals surface area contributed by atoms with E-state index < -0.39 is 31.0 Å². The summed E-state index contributed by atoms with van der Waals surface area (Å²) < 4.78 is 33.3. The van der Waals surface area contributed by atoms with Crippen molar-refractivity contribution in [1.82, 2.24) is 35.2 Å². The summed E-state index contributed by atoms with van der Waals surface area (Å²) in [5.74, 6) is -2.62. The third-order valence-corrected chi connectivity index (χ3v) is 4.93. The van der Waals surface area contributed by atoms with Gasteiger partial charge in [-0.3, -0.25) is 14.8 Å². The van der Waals surface area contributed by atoms with Crippen LogP contribution in [0.2, 0.25) is 0 Å². The fourth-order valence-electron chi connectivity index (χ4n) is 3.32. The van der Waals surface area contributed by atoms with Crippen molar-refractivity contribution in [1.29, 1.82) is 0 Å². The minimum absolute atomic E-state index is 0.0307. The average Bonchev–Trinajstić information content (AvgIpc) is 3.23. The molecule has 3 heterocycles. The number of halogens is 2. The van der Waals surface area contributed by atoms with Crippen LogP contribution in [-0.2, 0) is 7.05 Å². The van der Waals surface area contributed by atoms with Crippen LogP contribution in [0.1, 0.15) is 10.5 Å². The second kappa shape index (κ2) is 8.88. The molecule has 14 heteroatoms. The Morgan fingerprint density at radius 3 is 2.56 bits per heavy atom. The van der Waals surface area contributed by atoms with Gasteiger partial charge in [-0.25, -0.2) is 18.6 Å². The number of methoxy groups -OCH3 is 1. The van der Waals surface area contributed by atoms with Gasteiger partial charge in [0.05, 0.1) is 37.1 Å². The molecule has 0 unspecified atom stereocenters. The molecule has 0 aliphatic carbocycles. The molecule has 1 saturated heterocycles. The predicted octanol–water partition coefficient (Wildman–Crippen LogP) is 1.87. The largest absolute Gasteiger partial charge is 0.494 e. The number of hydrogen-bond acceptors (Lipinski definition) is 8. The number of rotatable bonds is 6. The van der Waals surface area contributed by atoms with Crippen molar-refractivity contribution in [3.8, 4) is 17.1 Å². The van der Waals surface area contributed by atoms with E-state index in [0.29, 0.717) is 22.8 Å². The molecule has 1 aromatic carbocycles. The summed E-state index contributed by atoms with van der Waals surface area (Å²) in [5, 5.41) is 20.0. The van der Waals surface area contributed by atoms with Gasteiger partial charge in [-0.2, -0.15) is 5.10 Å². The minimum atomic E-state index is -2.90. The summed E-state index contributed by atoms with van der Waals surface area (Å²) in [4.78, 5) is 29.7. The number of amides is 3. The first-order chi connectivity index (χ1) is 16.2. The summed E-state index contributed by atoms with van der Waals surface area (Å²) >= 11 is 0. The lowest BCUT2D eigenvalue weighted by molar-refractivity contribution is -0.107. The number of urea groups is 1. The zero-order chi connectivity index (χ0) is 24.5. The van der Waals surface area contributed by atoms with Crippen LogP contribution in [0.4, 0.5) is 30.8 Å². The van der Waals surface area contributed by atoms with E-state index in [-0.39, 0.29) is 17.2 Å². The molecule has 3 aromatic rings. The first kappa shape index (κ1) is 22.8. The van der Waals surface area contributed by atoms with Crippen molar-refractivity contribution in [2.24, 2.45) is 7.05 Å². The van der Waals surface area contributed by atoms with Crippen LogP contribution >= 0.6 is 0 Å². The molecule has 3 amide bonds. The summed E-state index contributed by atoms with van der Waals surface area (Å²) in [6.45, 7) is -1.36. The lowest BCUT2D eigenvalue weighted by Crippen LogP contribution is -2.59. The van der Waals surface area contributed by atoms with Crippen LogP contribution in [-0.4, -0.2) is 75.0 Å². The lowest BCUT2D eigenvalue weighted by Gasteiger charge is -2.38. The van der Waals surface area contributed by atoms with Crippen molar-refractivity contribution in [2.75, 3.05) is 37.9 Å². The third-order valence-electron chi connectivity index (χ3n) is 4.93. The third kappa shape index (κ3) is 4.55. The van der Waals surface area contributed by atoms with E-state index in [1.54, 1.807) is 36.3 Å². The molecule has 1 aliphatic rings. The number of nitrogens with zero attached hydrogens (tertiary/aromatic N) is 6. The SMILES string of the molecule is CNC(=O)c1nnc(NC(=O)N2CC(F)(F)C2)cc1Nc1cccc(-c2ncn(C)n2)c1OC. The highest BCUT2D eigenvalue weighted by atomic mass is 19.3. The molecule has 1 fully saturated rings. The highest BCUT2D eigenvalue weighted by molar-refractivity contribution is 5.99. The molecule has 12 nitrogen and oxygen atoms in total. The van der Waals surface area contributed by atoms with Gasteiger partial charge in [0.2, 0.25) is 0 Å². The van der Waals surface area contributed by atoms with Gasteiger partial charge in [0.1, 0.15) is 6.33 Å². The van der Waals surface area contributed by atoms with Crippen molar-refractivity contribution >= 4 is 29.1 Å². The quantitative estimate of drug-likeness (QED) is 0.493. The zero-order valence-corrected chi connectivity index (χ0v) is 18.5. The van der Waals surface area contributed by atoms with Crippen molar-refractivity contribution < 1.29 is 23.1 Å². The first-order valence-corrected chi connectivity index (χ1v) is 10.0. The van der Waals surface area contributed by atoms with E-state index in [4.69, 9.17) is 4.74 Å². The number of carbonyl (C=O) groups is 2. The number of hydrogen-bond donors (Lipinski definition) is 3. The van der Waals surface area contributed by atoms with Crippen LogP contribution in [0, 0.1) is 0 Å². The molecular formula is C20H21F2N9O3. The van der Waals surface area contributed by atoms with E-state index in [1.807, 2.05) is 0 Å². The number of ether oxygens (including phenoxy) is 1. The second-order valence-corrected chi connectivity index (χ2v) is 7.47. The number of alkyl halides is 2. The van der Waals surface area contributed by atoms with Crippen LogP contribution in [0.3, 0.4) is 0 Å². The highest BCUT2D eigenvalue weighted by Crippen LogP contribution is 2.37. The molecule has 0 radical (unpaired) electrons. The molecule has 4 rings (SSSR count). The summed E-state index contributed by atoms with van der Waals surface area (Å²) in [6.07, 6.45) is 1.55. The lowest BCUT2D eigenvalue weighted by atomic mass is 10.1. The van der Waals surface area contributed by atoms with Crippen LogP contribution < -0.4 is 20.7 Å². The summed E-state index contributed by atoms with van der Waals surface area (Å²) in [5.41, 5.74) is 1.21. The maximum absolute atomic E-state index is 13.1. The Balaban J connectivity index is 1.65. The van der Waals surface area contributed by atoms with E-state index in [1.165, 1.54) is 20.2 Å². The molecule has 0 bridgehead atoms. The molecule has 0 spiro atoms. The van der Waals surface area contributed by atoms with Gasteiger partial charge in [-0.15, -0.1) is 10.2 Å². The Labute approximate surface area is 192 Å². The molecule has 178 valence electrons. The Morgan fingerprint density at radius 2 is 1.94 bits per heavy atom. The average molecular weight is 473 g/mol. The standard InChI is InChI=1S/C20H21F2N9O3/c1-23-18(32)15-13(7-14(27-28-15)26-19(33)31-8-20(21,22)9-31)25-12-6-4-5-11(16(12)34-3)17-24-10-30(2)29-17/h4-7,10H,8-9H2,1-3H3,(H,23,32)(H2,25,26,27,33). The second-order valence-electron chi connectivity index (χ2n) is 7.47. The molecule has 0 saturated carbocycles. The fraction of sp³-hybridized carbons (Fsp3) is 0.300. The summed E-state index contributed by atoms with van der Waals surface area (Å²) in [7, 11) is 4.65. The number of likely N-dealkylation sites (tertiary alicyclic amines) is 1. The first-order valence-electron chi connectivity index (χ1n) is 10.0. The van der Waals surface area contributed by atoms with Crippen LogP contribution in [0.15, 0.2) is 30.6 Å². The number of aryl methyl sites for hydroxylation is 1.